The van der Waals surface area contributed by atoms with Crippen molar-refractivity contribution in [2.45, 2.75) is 69.5 Å². The van der Waals surface area contributed by atoms with Crippen LogP contribution in [0.4, 0.5) is 0 Å². The van der Waals surface area contributed by atoms with Crippen molar-refractivity contribution in [1.29, 1.82) is 0 Å². The van der Waals surface area contributed by atoms with Crippen LogP contribution in [0.2, 0.25) is 0 Å². The van der Waals surface area contributed by atoms with Crippen molar-refractivity contribution in [1.82, 2.24) is 4.90 Å². The Morgan fingerprint density at radius 3 is 2.57 bits per heavy atom. The Morgan fingerprint density at radius 1 is 1.17 bits per heavy atom. The Labute approximate surface area is 191 Å². The summed E-state index contributed by atoms with van der Waals surface area (Å²) < 4.78 is 0. The van der Waals surface area contributed by atoms with Gasteiger partial charge in [-0.3, -0.25) is 4.79 Å². The van der Waals surface area contributed by atoms with E-state index >= 15 is 0 Å². The van der Waals surface area contributed by atoms with Gasteiger partial charge in [-0.2, -0.15) is 11.8 Å². The monoisotopic (exact) mass is 443 g/mol. The summed E-state index contributed by atoms with van der Waals surface area (Å²) in [7, 11) is 0. The normalized spacial score (nSPS) is 21.8. The van der Waals surface area contributed by atoms with Crippen LogP contribution >= 0.6 is 23.5 Å². The van der Waals surface area contributed by atoms with Gasteiger partial charge >= 0.3 is 0 Å². The maximum Gasteiger partial charge on any atom is 0.219 e. The van der Waals surface area contributed by atoms with E-state index in [0.717, 1.165) is 50.3 Å². The Hall–Kier alpha value is -0.710. The average molecular weight is 444 g/mol. The largest absolute Gasteiger partial charge is 0.303 e. The van der Waals surface area contributed by atoms with E-state index in [1.807, 2.05) is 0 Å². The molecule has 2 heterocycles. The van der Waals surface area contributed by atoms with Crippen molar-refractivity contribution in [2.24, 2.45) is 5.92 Å². The van der Waals surface area contributed by atoms with Gasteiger partial charge in [0.2, 0.25) is 5.12 Å². The number of likely N-dealkylation sites (tertiary alicyclic amines) is 1. The molecule has 30 heavy (non-hydrogen) atoms. The third-order valence-electron chi connectivity index (χ3n) is 7.52. The summed E-state index contributed by atoms with van der Waals surface area (Å²) >= 11 is 3.68. The van der Waals surface area contributed by atoms with Gasteiger partial charge in [0.1, 0.15) is 0 Å². The molecule has 0 radical (unpaired) electrons. The zero-order chi connectivity index (χ0) is 21.0. The molecule has 0 bridgehead atoms. The van der Waals surface area contributed by atoms with Gasteiger partial charge in [0.15, 0.2) is 0 Å². The molecule has 2 saturated heterocycles. The van der Waals surface area contributed by atoms with Crippen LogP contribution in [0.1, 0.15) is 69.9 Å². The first-order valence-electron chi connectivity index (χ1n) is 12.0. The van der Waals surface area contributed by atoms with E-state index in [0.29, 0.717) is 5.25 Å². The number of nitrogens with zero attached hydrogens (tertiary/aromatic N) is 1. The zero-order valence-electron chi connectivity index (χ0n) is 18.7. The second-order valence-corrected chi connectivity index (χ2v) is 11.8. The lowest BCUT2D eigenvalue weighted by Gasteiger charge is -2.39. The summed E-state index contributed by atoms with van der Waals surface area (Å²) in [6, 6.07) is 8.71. The molecule has 0 unspecified atom stereocenters. The van der Waals surface area contributed by atoms with E-state index in [1.54, 1.807) is 11.8 Å². The Kier molecular flexibility index (Phi) is 7.70. The lowest BCUT2D eigenvalue weighted by atomic mass is 9.74. The number of allylic oxidation sites excluding steroid dienone is 1. The van der Waals surface area contributed by atoms with Gasteiger partial charge in [-0.25, -0.2) is 0 Å². The number of fused-ring (bicyclic) bond motifs is 2. The fourth-order valence-corrected chi connectivity index (χ4v) is 7.55. The zero-order valence-corrected chi connectivity index (χ0v) is 20.3. The van der Waals surface area contributed by atoms with E-state index in [-0.39, 0.29) is 10.5 Å². The first kappa shape index (κ1) is 22.5. The molecule has 1 aromatic rings. The average Bonchev–Trinajstić information content (AvgIpc) is 3.12. The fourth-order valence-electron chi connectivity index (χ4n) is 5.41. The predicted molar refractivity (Wildman–Crippen MR) is 133 cm³/mol. The molecule has 1 aromatic carbocycles. The molecule has 0 N–H and O–H groups in total. The highest BCUT2D eigenvalue weighted by Gasteiger charge is 2.42. The number of rotatable bonds is 7. The molecule has 0 aromatic heterocycles. The number of carbonyl (C=O) groups excluding carboxylic acids is 1. The Morgan fingerprint density at radius 2 is 1.87 bits per heavy atom. The SMILES string of the molecule is CCC(CC)SC(=O)C1=CC2(CCN(CCC3CCSCC3)CC2)c2ccccc21. The van der Waals surface area contributed by atoms with Gasteiger partial charge in [-0.1, -0.05) is 56.0 Å². The Bertz CT molecular complexity index is 756. The molecular weight excluding hydrogens is 406 g/mol. The maximum absolute atomic E-state index is 13.2. The number of carbonyl (C=O) groups is 1. The van der Waals surface area contributed by atoms with Gasteiger partial charge in [0.25, 0.3) is 0 Å². The van der Waals surface area contributed by atoms with Crippen LogP contribution < -0.4 is 0 Å². The van der Waals surface area contributed by atoms with Gasteiger partial charge in [0, 0.05) is 16.2 Å². The van der Waals surface area contributed by atoms with Crippen molar-refractivity contribution in [2.75, 3.05) is 31.1 Å². The number of thioether (sulfide) groups is 2. The highest BCUT2D eigenvalue weighted by atomic mass is 32.2. The van der Waals surface area contributed by atoms with Crippen molar-refractivity contribution in [3.05, 3.63) is 41.5 Å². The second-order valence-electron chi connectivity index (χ2n) is 9.29. The van der Waals surface area contributed by atoms with Crippen LogP contribution in [0.25, 0.3) is 5.57 Å². The molecule has 4 rings (SSSR count). The molecule has 2 aliphatic heterocycles. The predicted octanol–water partition coefficient (Wildman–Crippen LogP) is 6.40. The molecule has 0 amide bonds. The minimum atomic E-state index is 0.0774. The standard InChI is InChI=1S/C26H37NOS2/c1-3-21(4-2)30-25(28)23-19-26(24-8-6-5-7-22(23)24)12-15-27(16-13-26)14-9-20-10-17-29-18-11-20/h5-8,19-21H,3-4,9-18H2,1-2H3. The summed E-state index contributed by atoms with van der Waals surface area (Å²) in [4.78, 5) is 15.9. The first-order valence-corrected chi connectivity index (χ1v) is 14.0. The van der Waals surface area contributed by atoms with E-state index in [4.69, 9.17) is 0 Å². The first-order chi connectivity index (χ1) is 14.6. The topological polar surface area (TPSA) is 20.3 Å². The summed E-state index contributed by atoms with van der Waals surface area (Å²) in [5, 5.41) is 0.716. The summed E-state index contributed by atoms with van der Waals surface area (Å²) in [6.07, 6.45) is 11.0. The van der Waals surface area contributed by atoms with Crippen LogP contribution in [0.3, 0.4) is 0 Å². The molecule has 1 aliphatic carbocycles. The Balaban J connectivity index is 1.43. The number of benzene rings is 1. The smallest absolute Gasteiger partial charge is 0.219 e. The maximum atomic E-state index is 13.2. The summed E-state index contributed by atoms with van der Waals surface area (Å²) in [5.74, 6) is 3.67. The van der Waals surface area contributed by atoms with Crippen molar-refractivity contribution in [3.8, 4) is 0 Å². The van der Waals surface area contributed by atoms with E-state index in [2.05, 4.69) is 60.9 Å². The molecule has 1 spiro atoms. The molecule has 2 nitrogen and oxygen atoms in total. The molecule has 3 aliphatic rings. The van der Waals surface area contributed by atoms with Crippen LogP contribution in [-0.2, 0) is 10.2 Å². The minimum absolute atomic E-state index is 0.0774. The highest BCUT2D eigenvalue weighted by Crippen LogP contribution is 2.48. The molecule has 2 fully saturated rings. The van der Waals surface area contributed by atoms with Crippen molar-refractivity contribution >= 4 is 34.2 Å². The van der Waals surface area contributed by atoms with Crippen LogP contribution in [0.5, 0.6) is 0 Å². The molecule has 164 valence electrons. The van der Waals surface area contributed by atoms with E-state index in [1.165, 1.54) is 48.4 Å². The third kappa shape index (κ3) is 4.86. The number of piperidine rings is 1. The molecule has 4 heteroatoms. The van der Waals surface area contributed by atoms with Gasteiger partial charge < -0.3 is 4.90 Å². The number of hydrogen-bond donors (Lipinski definition) is 0. The van der Waals surface area contributed by atoms with Gasteiger partial charge in [0.05, 0.1) is 0 Å². The lowest BCUT2D eigenvalue weighted by molar-refractivity contribution is -0.106. The minimum Gasteiger partial charge on any atom is -0.303 e. The summed E-state index contributed by atoms with van der Waals surface area (Å²) in [5.41, 5.74) is 3.67. The van der Waals surface area contributed by atoms with E-state index < -0.39 is 0 Å². The van der Waals surface area contributed by atoms with Crippen molar-refractivity contribution in [3.63, 3.8) is 0 Å². The van der Waals surface area contributed by atoms with Crippen molar-refractivity contribution < 1.29 is 4.79 Å². The van der Waals surface area contributed by atoms with Crippen LogP contribution in [0, 0.1) is 5.92 Å². The highest BCUT2D eigenvalue weighted by molar-refractivity contribution is 8.15. The number of hydrogen-bond acceptors (Lipinski definition) is 4. The summed E-state index contributed by atoms with van der Waals surface area (Å²) in [6.45, 7) is 7.96. The second kappa shape index (κ2) is 10.3. The van der Waals surface area contributed by atoms with Crippen LogP contribution in [-0.4, -0.2) is 46.4 Å². The third-order valence-corrected chi connectivity index (χ3v) is 10.0. The van der Waals surface area contributed by atoms with Gasteiger partial charge in [-0.05, 0) is 93.1 Å². The van der Waals surface area contributed by atoms with E-state index in [9.17, 15) is 4.79 Å². The van der Waals surface area contributed by atoms with Gasteiger partial charge in [-0.15, -0.1) is 0 Å². The quantitative estimate of drug-likeness (QED) is 0.486. The molecule has 0 atom stereocenters. The molecular formula is C26H37NOS2. The lowest BCUT2D eigenvalue weighted by Crippen LogP contribution is -2.41. The molecule has 0 saturated carbocycles. The fraction of sp³-hybridized carbons (Fsp3) is 0.654. The van der Waals surface area contributed by atoms with Crippen LogP contribution in [0.15, 0.2) is 30.3 Å².